The zero-order valence-electron chi connectivity index (χ0n) is 9.62. The average molecular weight is 230 g/mol. The number of nitrogens with one attached hydrogen (secondary N) is 2. The van der Waals surface area contributed by atoms with E-state index in [1.54, 1.807) is 12.1 Å². The second kappa shape index (κ2) is 4.82. The summed E-state index contributed by atoms with van der Waals surface area (Å²) in [4.78, 5) is 23.3. The zero-order chi connectivity index (χ0) is 12.3. The molecule has 0 aromatic heterocycles. The summed E-state index contributed by atoms with van der Waals surface area (Å²) in [6.07, 6.45) is 1.35. The van der Waals surface area contributed by atoms with E-state index in [1.165, 1.54) is 6.08 Å². The third-order valence-corrected chi connectivity index (χ3v) is 2.58. The summed E-state index contributed by atoms with van der Waals surface area (Å²) < 4.78 is 0. The number of carbonyl (C=O) groups is 2. The van der Waals surface area contributed by atoms with Crippen molar-refractivity contribution in [3.63, 3.8) is 0 Å². The molecule has 1 fully saturated rings. The molecule has 1 saturated heterocycles. The van der Waals surface area contributed by atoms with E-state index < -0.39 is 0 Å². The van der Waals surface area contributed by atoms with Crippen molar-refractivity contribution in [1.82, 2.24) is 10.6 Å². The van der Waals surface area contributed by atoms with Crippen LogP contribution in [0, 0.1) is 6.92 Å². The van der Waals surface area contributed by atoms with Crippen LogP contribution in [0.5, 0.6) is 0 Å². The molecule has 2 rings (SSSR count). The third-order valence-electron chi connectivity index (χ3n) is 2.58. The summed E-state index contributed by atoms with van der Waals surface area (Å²) in [5.74, 6) is -0.388. The fraction of sp³-hybridized carbons (Fsp3) is 0.231. The maximum Gasteiger partial charge on any atom is 0.267 e. The molecule has 1 aromatic rings. The Hall–Kier alpha value is -2.10. The monoisotopic (exact) mass is 230 g/mol. The van der Waals surface area contributed by atoms with E-state index in [2.05, 4.69) is 10.6 Å². The van der Waals surface area contributed by atoms with E-state index in [0.29, 0.717) is 24.4 Å². The van der Waals surface area contributed by atoms with Crippen molar-refractivity contribution in [3.05, 3.63) is 47.2 Å². The average Bonchev–Trinajstić information content (AvgIpc) is 2.33. The largest absolute Gasteiger partial charge is 0.379 e. The molecule has 17 heavy (non-hydrogen) atoms. The molecule has 1 aliphatic heterocycles. The molecule has 88 valence electrons. The summed E-state index contributed by atoms with van der Waals surface area (Å²) in [5.41, 5.74) is 2.02. The van der Waals surface area contributed by atoms with Crippen LogP contribution in [0.4, 0.5) is 0 Å². The van der Waals surface area contributed by atoms with Crippen LogP contribution in [-0.4, -0.2) is 24.8 Å². The van der Waals surface area contributed by atoms with Crippen LogP contribution in [0.1, 0.15) is 15.9 Å². The molecule has 1 heterocycles. The SMILES string of the molecule is Cc1ccc(C(=O)/C=C2/NCCNC2=O)cc1. The number of rotatable bonds is 2. The number of carbonyl (C=O) groups excluding carboxylic acids is 2. The van der Waals surface area contributed by atoms with Crippen molar-refractivity contribution in [1.29, 1.82) is 0 Å². The molecule has 0 radical (unpaired) electrons. The highest BCUT2D eigenvalue weighted by molar-refractivity contribution is 6.09. The maximum atomic E-state index is 11.9. The zero-order valence-corrected chi connectivity index (χ0v) is 9.62. The van der Waals surface area contributed by atoms with Crippen molar-refractivity contribution in [2.45, 2.75) is 6.92 Å². The van der Waals surface area contributed by atoms with Crippen molar-refractivity contribution < 1.29 is 9.59 Å². The van der Waals surface area contributed by atoms with Gasteiger partial charge in [-0.25, -0.2) is 0 Å². The van der Waals surface area contributed by atoms with Gasteiger partial charge in [0.2, 0.25) is 0 Å². The van der Waals surface area contributed by atoms with E-state index in [1.807, 2.05) is 19.1 Å². The smallest absolute Gasteiger partial charge is 0.267 e. The summed E-state index contributed by atoms with van der Waals surface area (Å²) in [6.45, 7) is 3.20. The maximum absolute atomic E-state index is 11.9. The highest BCUT2D eigenvalue weighted by Gasteiger charge is 2.15. The van der Waals surface area contributed by atoms with Gasteiger partial charge in [0, 0.05) is 24.7 Å². The molecule has 0 atom stereocenters. The molecule has 2 N–H and O–H groups in total. The number of hydrogen-bond donors (Lipinski definition) is 2. The van der Waals surface area contributed by atoms with Gasteiger partial charge in [0.25, 0.3) is 5.91 Å². The van der Waals surface area contributed by atoms with Gasteiger partial charge in [0.1, 0.15) is 5.70 Å². The number of allylic oxidation sites excluding steroid dienone is 1. The molecule has 0 unspecified atom stereocenters. The topological polar surface area (TPSA) is 58.2 Å². The van der Waals surface area contributed by atoms with E-state index >= 15 is 0 Å². The molecule has 1 amide bonds. The molecular formula is C13H14N2O2. The Balaban J connectivity index is 2.17. The molecular weight excluding hydrogens is 216 g/mol. The van der Waals surface area contributed by atoms with Gasteiger partial charge in [-0.15, -0.1) is 0 Å². The number of piperazine rings is 1. The van der Waals surface area contributed by atoms with E-state index in [-0.39, 0.29) is 11.7 Å². The normalized spacial score (nSPS) is 17.5. The first-order chi connectivity index (χ1) is 8.16. The molecule has 1 aromatic carbocycles. The van der Waals surface area contributed by atoms with Crippen LogP contribution in [0.25, 0.3) is 0 Å². The van der Waals surface area contributed by atoms with Crippen LogP contribution in [-0.2, 0) is 4.79 Å². The fourth-order valence-electron chi connectivity index (χ4n) is 1.60. The van der Waals surface area contributed by atoms with Crippen LogP contribution in [0.15, 0.2) is 36.0 Å². The van der Waals surface area contributed by atoms with Crippen molar-refractivity contribution >= 4 is 11.7 Å². The number of aryl methyl sites for hydroxylation is 1. The molecule has 4 heteroatoms. The Morgan fingerprint density at radius 2 is 1.82 bits per heavy atom. The van der Waals surface area contributed by atoms with Gasteiger partial charge in [-0.3, -0.25) is 9.59 Å². The quantitative estimate of drug-likeness (QED) is 0.583. The minimum atomic E-state index is -0.225. The minimum absolute atomic E-state index is 0.162. The van der Waals surface area contributed by atoms with Gasteiger partial charge < -0.3 is 10.6 Å². The van der Waals surface area contributed by atoms with Crippen molar-refractivity contribution in [3.8, 4) is 0 Å². The lowest BCUT2D eigenvalue weighted by molar-refractivity contribution is -0.118. The van der Waals surface area contributed by atoms with Gasteiger partial charge in [-0.2, -0.15) is 0 Å². The Morgan fingerprint density at radius 1 is 1.18 bits per heavy atom. The Labute approximate surface area is 99.7 Å². The van der Waals surface area contributed by atoms with Crippen LogP contribution in [0.3, 0.4) is 0 Å². The van der Waals surface area contributed by atoms with Crippen molar-refractivity contribution in [2.75, 3.05) is 13.1 Å². The lowest BCUT2D eigenvalue weighted by atomic mass is 10.1. The van der Waals surface area contributed by atoms with E-state index in [4.69, 9.17) is 0 Å². The Kier molecular flexibility index (Phi) is 3.23. The summed E-state index contributed by atoms with van der Waals surface area (Å²) in [5, 5.41) is 5.59. The summed E-state index contributed by atoms with van der Waals surface area (Å²) >= 11 is 0. The summed E-state index contributed by atoms with van der Waals surface area (Å²) in [6, 6.07) is 7.27. The lowest BCUT2D eigenvalue weighted by Gasteiger charge is -2.16. The molecule has 4 nitrogen and oxygen atoms in total. The van der Waals surface area contributed by atoms with Gasteiger partial charge >= 0.3 is 0 Å². The summed E-state index contributed by atoms with van der Waals surface area (Å²) in [7, 11) is 0. The van der Waals surface area contributed by atoms with E-state index in [9.17, 15) is 9.59 Å². The molecule has 1 aliphatic rings. The molecule has 0 spiro atoms. The Bertz CT molecular complexity index is 475. The minimum Gasteiger partial charge on any atom is -0.379 e. The first kappa shape index (κ1) is 11.4. The van der Waals surface area contributed by atoms with Crippen LogP contribution < -0.4 is 10.6 Å². The highest BCUT2D eigenvalue weighted by atomic mass is 16.2. The fourth-order valence-corrected chi connectivity index (χ4v) is 1.60. The number of benzene rings is 1. The molecule has 0 bridgehead atoms. The second-order valence-electron chi connectivity index (χ2n) is 3.97. The van der Waals surface area contributed by atoms with Gasteiger partial charge in [-0.05, 0) is 6.92 Å². The first-order valence-corrected chi connectivity index (χ1v) is 5.51. The standard InChI is InChI=1S/C13H14N2O2/c1-9-2-4-10(5-3-9)12(16)8-11-13(17)15-7-6-14-11/h2-5,8,14H,6-7H2,1H3,(H,15,17)/b11-8+. The van der Waals surface area contributed by atoms with Gasteiger partial charge in [0.15, 0.2) is 5.78 Å². The van der Waals surface area contributed by atoms with Crippen molar-refractivity contribution in [2.24, 2.45) is 0 Å². The molecule has 0 aliphatic carbocycles. The third kappa shape index (κ3) is 2.72. The number of ketones is 1. The van der Waals surface area contributed by atoms with Crippen LogP contribution >= 0.6 is 0 Å². The first-order valence-electron chi connectivity index (χ1n) is 5.51. The predicted molar refractivity (Wildman–Crippen MR) is 64.6 cm³/mol. The van der Waals surface area contributed by atoms with Crippen LogP contribution in [0.2, 0.25) is 0 Å². The lowest BCUT2D eigenvalue weighted by Crippen LogP contribution is -2.43. The number of hydrogen-bond acceptors (Lipinski definition) is 3. The Morgan fingerprint density at radius 3 is 2.47 bits per heavy atom. The van der Waals surface area contributed by atoms with E-state index in [0.717, 1.165) is 5.56 Å². The van der Waals surface area contributed by atoms with Gasteiger partial charge in [0.05, 0.1) is 0 Å². The number of amides is 1. The van der Waals surface area contributed by atoms with Gasteiger partial charge in [-0.1, -0.05) is 29.8 Å². The predicted octanol–water partition coefficient (Wildman–Crippen LogP) is 0.781. The second-order valence-corrected chi connectivity index (χ2v) is 3.97. The highest BCUT2D eigenvalue weighted by Crippen LogP contribution is 2.06. The molecule has 0 saturated carbocycles.